The second-order valence-corrected chi connectivity index (χ2v) is 6.56. The largest absolute Gasteiger partial charge is 0.271 e. The SMILES string of the molecule is Cc1cc(C(NN)c2cccc3ccsc23)ccc1Br. The maximum Gasteiger partial charge on any atom is 0.0724 e. The number of hydrogen-bond donors (Lipinski definition) is 2. The zero-order valence-corrected chi connectivity index (χ0v) is 13.5. The van der Waals surface area contributed by atoms with Gasteiger partial charge in [-0.25, -0.2) is 5.43 Å². The molecular formula is C16H15BrN2S. The first kappa shape index (κ1) is 13.8. The monoisotopic (exact) mass is 346 g/mol. The molecule has 1 aromatic heterocycles. The highest BCUT2D eigenvalue weighted by Crippen LogP contribution is 2.33. The van der Waals surface area contributed by atoms with Crippen LogP contribution in [-0.4, -0.2) is 0 Å². The van der Waals surface area contributed by atoms with E-state index in [0.717, 1.165) is 4.47 Å². The Hall–Kier alpha value is -1.20. The van der Waals surface area contributed by atoms with Crippen molar-refractivity contribution in [2.75, 3.05) is 0 Å². The summed E-state index contributed by atoms with van der Waals surface area (Å²) in [5.41, 5.74) is 6.56. The van der Waals surface area contributed by atoms with Crippen molar-refractivity contribution in [2.45, 2.75) is 13.0 Å². The van der Waals surface area contributed by atoms with E-state index >= 15 is 0 Å². The van der Waals surface area contributed by atoms with Crippen molar-refractivity contribution >= 4 is 37.4 Å². The molecule has 0 saturated heterocycles. The molecule has 102 valence electrons. The fourth-order valence-electron chi connectivity index (χ4n) is 2.46. The number of thiophene rings is 1. The van der Waals surface area contributed by atoms with Crippen molar-refractivity contribution < 1.29 is 0 Å². The van der Waals surface area contributed by atoms with Gasteiger partial charge in [0, 0.05) is 9.17 Å². The van der Waals surface area contributed by atoms with Gasteiger partial charge in [-0.05, 0) is 46.5 Å². The van der Waals surface area contributed by atoms with Crippen molar-refractivity contribution in [1.29, 1.82) is 0 Å². The molecule has 1 atom stereocenters. The molecule has 0 aliphatic rings. The van der Waals surface area contributed by atoms with Crippen LogP contribution in [0.4, 0.5) is 0 Å². The summed E-state index contributed by atoms with van der Waals surface area (Å²) in [5, 5.41) is 3.38. The van der Waals surface area contributed by atoms with Gasteiger partial charge in [0.2, 0.25) is 0 Å². The number of aryl methyl sites for hydroxylation is 1. The maximum absolute atomic E-state index is 5.83. The molecule has 0 spiro atoms. The molecule has 2 nitrogen and oxygen atoms in total. The Bertz CT molecular complexity index is 751. The number of hydrazine groups is 1. The average molecular weight is 347 g/mol. The van der Waals surface area contributed by atoms with Crippen LogP contribution in [0.1, 0.15) is 22.7 Å². The minimum absolute atomic E-state index is 0.00384. The molecule has 0 amide bonds. The summed E-state index contributed by atoms with van der Waals surface area (Å²) in [4.78, 5) is 0. The molecule has 0 radical (unpaired) electrons. The standard InChI is InChI=1S/C16H15BrN2S/c1-10-9-12(5-6-14(10)17)15(19-18)13-4-2-3-11-7-8-20-16(11)13/h2-9,15,19H,18H2,1H3. The highest BCUT2D eigenvalue weighted by atomic mass is 79.9. The highest BCUT2D eigenvalue weighted by Gasteiger charge is 2.16. The fraction of sp³-hybridized carbons (Fsp3) is 0.125. The van der Waals surface area contributed by atoms with Gasteiger partial charge >= 0.3 is 0 Å². The summed E-state index contributed by atoms with van der Waals surface area (Å²) in [7, 11) is 0. The predicted octanol–water partition coefficient (Wildman–Crippen LogP) is 4.52. The summed E-state index contributed by atoms with van der Waals surface area (Å²) < 4.78 is 2.40. The van der Waals surface area contributed by atoms with E-state index in [0.29, 0.717) is 0 Å². The predicted molar refractivity (Wildman–Crippen MR) is 89.9 cm³/mol. The van der Waals surface area contributed by atoms with E-state index in [1.165, 1.54) is 26.8 Å². The molecular weight excluding hydrogens is 332 g/mol. The van der Waals surface area contributed by atoms with E-state index < -0.39 is 0 Å². The number of halogens is 1. The van der Waals surface area contributed by atoms with E-state index in [1.54, 1.807) is 11.3 Å². The summed E-state index contributed by atoms with van der Waals surface area (Å²) in [6, 6.07) is 14.9. The van der Waals surface area contributed by atoms with Crippen LogP contribution in [0, 0.1) is 6.92 Å². The van der Waals surface area contributed by atoms with Gasteiger partial charge in [-0.1, -0.05) is 46.3 Å². The van der Waals surface area contributed by atoms with Gasteiger partial charge in [-0.15, -0.1) is 11.3 Å². The van der Waals surface area contributed by atoms with Gasteiger partial charge in [0.1, 0.15) is 0 Å². The molecule has 2 aromatic carbocycles. The van der Waals surface area contributed by atoms with Gasteiger partial charge < -0.3 is 0 Å². The molecule has 1 unspecified atom stereocenters. The third-order valence-electron chi connectivity index (χ3n) is 3.50. The Kier molecular flexibility index (Phi) is 3.89. The lowest BCUT2D eigenvalue weighted by atomic mass is 9.97. The minimum atomic E-state index is 0.00384. The summed E-state index contributed by atoms with van der Waals surface area (Å²) in [6.45, 7) is 2.09. The number of rotatable bonds is 3. The van der Waals surface area contributed by atoms with Gasteiger partial charge in [0.15, 0.2) is 0 Å². The molecule has 3 rings (SSSR count). The Morgan fingerprint density at radius 3 is 2.80 bits per heavy atom. The second-order valence-electron chi connectivity index (χ2n) is 4.79. The lowest BCUT2D eigenvalue weighted by Crippen LogP contribution is -2.28. The Morgan fingerprint density at radius 1 is 1.20 bits per heavy atom. The minimum Gasteiger partial charge on any atom is -0.271 e. The zero-order chi connectivity index (χ0) is 14.1. The topological polar surface area (TPSA) is 38.0 Å². The zero-order valence-electron chi connectivity index (χ0n) is 11.1. The molecule has 0 saturated carbocycles. The Morgan fingerprint density at radius 2 is 2.05 bits per heavy atom. The molecule has 3 aromatic rings. The van der Waals surface area contributed by atoms with Crippen LogP contribution in [0.3, 0.4) is 0 Å². The smallest absolute Gasteiger partial charge is 0.0724 e. The normalized spacial score (nSPS) is 12.8. The lowest BCUT2D eigenvalue weighted by Gasteiger charge is -2.18. The third-order valence-corrected chi connectivity index (χ3v) is 5.37. The van der Waals surface area contributed by atoms with Crippen molar-refractivity contribution in [3.63, 3.8) is 0 Å². The summed E-state index contributed by atoms with van der Waals surface area (Å²) >= 11 is 5.30. The molecule has 0 aliphatic heterocycles. The van der Waals surface area contributed by atoms with E-state index in [4.69, 9.17) is 5.84 Å². The molecule has 20 heavy (non-hydrogen) atoms. The van der Waals surface area contributed by atoms with Gasteiger partial charge in [-0.3, -0.25) is 5.84 Å². The summed E-state index contributed by atoms with van der Waals surface area (Å²) in [6.07, 6.45) is 0. The van der Waals surface area contributed by atoms with Gasteiger partial charge in [0.25, 0.3) is 0 Å². The van der Waals surface area contributed by atoms with E-state index in [-0.39, 0.29) is 6.04 Å². The third kappa shape index (κ3) is 2.40. The number of benzene rings is 2. The molecule has 0 bridgehead atoms. The van der Waals surface area contributed by atoms with Crippen molar-refractivity contribution in [3.05, 3.63) is 69.0 Å². The van der Waals surface area contributed by atoms with Crippen molar-refractivity contribution in [1.82, 2.24) is 5.43 Å². The van der Waals surface area contributed by atoms with Crippen molar-refractivity contribution in [3.8, 4) is 0 Å². The molecule has 1 heterocycles. The second kappa shape index (κ2) is 5.66. The van der Waals surface area contributed by atoms with Crippen LogP contribution in [0.2, 0.25) is 0 Å². The molecule has 0 fully saturated rings. The van der Waals surface area contributed by atoms with Crippen LogP contribution in [0.5, 0.6) is 0 Å². The Balaban J connectivity index is 2.13. The van der Waals surface area contributed by atoms with Crippen LogP contribution < -0.4 is 11.3 Å². The lowest BCUT2D eigenvalue weighted by molar-refractivity contribution is 0.641. The van der Waals surface area contributed by atoms with Crippen LogP contribution >= 0.6 is 27.3 Å². The number of nitrogens with one attached hydrogen (secondary N) is 1. The average Bonchev–Trinajstić information content (AvgIpc) is 2.93. The van der Waals surface area contributed by atoms with Gasteiger partial charge in [0.05, 0.1) is 6.04 Å². The van der Waals surface area contributed by atoms with E-state index in [9.17, 15) is 0 Å². The first-order valence-corrected chi connectivity index (χ1v) is 8.06. The first-order chi connectivity index (χ1) is 9.70. The van der Waals surface area contributed by atoms with Crippen LogP contribution in [0.25, 0.3) is 10.1 Å². The van der Waals surface area contributed by atoms with E-state index in [2.05, 4.69) is 76.1 Å². The van der Waals surface area contributed by atoms with Gasteiger partial charge in [-0.2, -0.15) is 0 Å². The number of nitrogens with two attached hydrogens (primary N) is 1. The highest BCUT2D eigenvalue weighted by molar-refractivity contribution is 9.10. The Labute approximate surface area is 130 Å². The van der Waals surface area contributed by atoms with E-state index in [1.807, 2.05) is 0 Å². The van der Waals surface area contributed by atoms with Crippen molar-refractivity contribution in [2.24, 2.45) is 5.84 Å². The maximum atomic E-state index is 5.83. The molecule has 3 N–H and O–H groups in total. The quantitative estimate of drug-likeness (QED) is 0.540. The van der Waals surface area contributed by atoms with Crippen LogP contribution in [0.15, 0.2) is 52.3 Å². The van der Waals surface area contributed by atoms with Crippen LogP contribution in [-0.2, 0) is 0 Å². The molecule has 4 heteroatoms. The molecule has 0 aliphatic carbocycles. The number of fused-ring (bicyclic) bond motifs is 1. The fourth-order valence-corrected chi connectivity index (χ4v) is 3.65. The summed E-state index contributed by atoms with van der Waals surface area (Å²) in [5.74, 6) is 5.83. The number of hydrogen-bond acceptors (Lipinski definition) is 3. The first-order valence-electron chi connectivity index (χ1n) is 6.39.